The van der Waals surface area contributed by atoms with Gasteiger partial charge in [0.15, 0.2) is 11.5 Å². The number of aromatic nitrogens is 2. The smallest absolute Gasteiger partial charge is 0.328 e. The third kappa shape index (κ3) is 5.30. The number of fused-ring (bicyclic) bond motifs is 1. The summed E-state index contributed by atoms with van der Waals surface area (Å²) < 4.78 is 11.7. The second-order valence-corrected chi connectivity index (χ2v) is 9.00. The van der Waals surface area contributed by atoms with Gasteiger partial charge in [0.25, 0.3) is 11.5 Å². The van der Waals surface area contributed by atoms with Crippen molar-refractivity contribution in [2.45, 2.75) is 25.9 Å². The van der Waals surface area contributed by atoms with E-state index in [9.17, 15) is 14.4 Å². The van der Waals surface area contributed by atoms with Crippen molar-refractivity contribution in [1.29, 1.82) is 0 Å². The number of ether oxygens (including phenoxy) is 2. The molecule has 9 heteroatoms. The van der Waals surface area contributed by atoms with Crippen molar-refractivity contribution < 1.29 is 14.3 Å². The fraction of sp³-hybridized carbons (Fsp3) is 0.346. The molecule has 2 aromatic carbocycles. The van der Waals surface area contributed by atoms with Crippen molar-refractivity contribution in [2.75, 3.05) is 26.4 Å². The summed E-state index contributed by atoms with van der Waals surface area (Å²) in [7, 11) is 0. The highest BCUT2D eigenvalue weighted by atomic mass is 16.7. The van der Waals surface area contributed by atoms with Gasteiger partial charge in [-0.15, -0.1) is 0 Å². The molecule has 0 aliphatic carbocycles. The Morgan fingerprint density at radius 2 is 1.74 bits per heavy atom. The summed E-state index contributed by atoms with van der Waals surface area (Å²) in [6.45, 7) is 3.53. The van der Waals surface area contributed by atoms with Gasteiger partial charge in [0.05, 0.1) is 6.54 Å². The number of hydrogen-bond acceptors (Lipinski definition) is 6. The SMILES string of the molecule is O=C(NCC1CCN(Cc2ccccc2)CC1)c1c[nH]c(=O)n(Cc2ccc3c(c2)OCO3)c1=O. The molecule has 2 aliphatic rings. The van der Waals surface area contributed by atoms with Gasteiger partial charge < -0.3 is 19.8 Å². The second kappa shape index (κ2) is 10.2. The molecule has 1 aromatic heterocycles. The zero-order chi connectivity index (χ0) is 24.2. The van der Waals surface area contributed by atoms with Crippen LogP contribution in [0, 0.1) is 5.92 Å². The Morgan fingerprint density at radius 3 is 2.54 bits per heavy atom. The number of benzene rings is 2. The summed E-state index contributed by atoms with van der Waals surface area (Å²) in [6, 6.07) is 15.6. The second-order valence-electron chi connectivity index (χ2n) is 9.00. The van der Waals surface area contributed by atoms with Gasteiger partial charge >= 0.3 is 5.69 Å². The van der Waals surface area contributed by atoms with Gasteiger partial charge in [-0.2, -0.15) is 0 Å². The van der Waals surface area contributed by atoms with Gasteiger partial charge in [-0.3, -0.25) is 19.1 Å². The molecule has 1 amide bonds. The van der Waals surface area contributed by atoms with E-state index in [2.05, 4.69) is 39.5 Å². The number of amides is 1. The first-order valence-electron chi connectivity index (χ1n) is 11.8. The van der Waals surface area contributed by atoms with Crippen LogP contribution in [0.2, 0.25) is 0 Å². The van der Waals surface area contributed by atoms with Crippen molar-refractivity contribution in [1.82, 2.24) is 19.8 Å². The molecule has 5 rings (SSSR count). The molecule has 3 heterocycles. The minimum Gasteiger partial charge on any atom is -0.454 e. The molecule has 2 aliphatic heterocycles. The van der Waals surface area contributed by atoms with Crippen LogP contribution in [0.1, 0.15) is 34.3 Å². The molecule has 0 atom stereocenters. The number of rotatable bonds is 7. The normalized spacial score (nSPS) is 15.8. The van der Waals surface area contributed by atoms with Crippen LogP contribution in [0.5, 0.6) is 11.5 Å². The average molecular weight is 477 g/mol. The number of carbonyl (C=O) groups is 1. The molecule has 0 saturated carbocycles. The van der Waals surface area contributed by atoms with E-state index in [-0.39, 0.29) is 18.9 Å². The molecule has 0 radical (unpaired) electrons. The van der Waals surface area contributed by atoms with Gasteiger partial charge in [0.1, 0.15) is 5.56 Å². The molecule has 182 valence electrons. The number of piperidine rings is 1. The first-order valence-corrected chi connectivity index (χ1v) is 11.8. The predicted octanol–water partition coefficient (Wildman–Crippen LogP) is 1.96. The van der Waals surface area contributed by atoms with Crippen molar-refractivity contribution in [2.24, 2.45) is 5.92 Å². The van der Waals surface area contributed by atoms with Crippen molar-refractivity contribution in [3.8, 4) is 11.5 Å². The molecular weight excluding hydrogens is 448 g/mol. The predicted molar refractivity (Wildman–Crippen MR) is 130 cm³/mol. The molecule has 1 fully saturated rings. The average Bonchev–Trinajstić information content (AvgIpc) is 3.35. The topological polar surface area (TPSA) is 106 Å². The van der Waals surface area contributed by atoms with Crippen LogP contribution in [0.3, 0.4) is 0 Å². The van der Waals surface area contributed by atoms with Crippen molar-refractivity contribution >= 4 is 5.91 Å². The van der Waals surface area contributed by atoms with E-state index in [1.54, 1.807) is 18.2 Å². The first-order chi connectivity index (χ1) is 17.1. The zero-order valence-electron chi connectivity index (χ0n) is 19.4. The largest absolute Gasteiger partial charge is 0.454 e. The highest BCUT2D eigenvalue weighted by molar-refractivity contribution is 5.93. The molecular formula is C26H28N4O5. The monoisotopic (exact) mass is 476 g/mol. The Labute approximate surface area is 202 Å². The lowest BCUT2D eigenvalue weighted by Crippen LogP contribution is -2.42. The van der Waals surface area contributed by atoms with Crippen LogP contribution in [0.15, 0.2) is 64.3 Å². The molecule has 0 bridgehead atoms. The number of aromatic amines is 1. The van der Waals surface area contributed by atoms with E-state index in [4.69, 9.17) is 9.47 Å². The quantitative estimate of drug-likeness (QED) is 0.540. The van der Waals surface area contributed by atoms with E-state index in [0.717, 1.165) is 37.0 Å². The number of nitrogens with zero attached hydrogens (tertiary/aromatic N) is 2. The third-order valence-corrected chi connectivity index (χ3v) is 6.59. The summed E-state index contributed by atoms with van der Waals surface area (Å²) in [5.41, 5.74) is 0.722. The highest BCUT2D eigenvalue weighted by Gasteiger charge is 2.22. The van der Waals surface area contributed by atoms with E-state index in [1.165, 1.54) is 11.8 Å². The minimum absolute atomic E-state index is 0.0196. The number of carbonyl (C=O) groups excluding carboxylic acids is 1. The lowest BCUT2D eigenvalue weighted by Gasteiger charge is -2.32. The maximum atomic E-state index is 13.0. The Hall–Kier alpha value is -3.85. The maximum absolute atomic E-state index is 13.0. The van der Waals surface area contributed by atoms with Gasteiger partial charge in [-0.25, -0.2) is 4.79 Å². The lowest BCUT2D eigenvalue weighted by atomic mass is 9.96. The Morgan fingerprint density at radius 1 is 0.971 bits per heavy atom. The van der Waals surface area contributed by atoms with E-state index < -0.39 is 17.2 Å². The summed E-state index contributed by atoms with van der Waals surface area (Å²) >= 11 is 0. The van der Waals surface area contributed by atoms with Crippen LogP contribution in [-0.2, 0) is 13.1 Å². The molecule has 0 spiro atoms. The number of hydrogen-bond donors (Lipinski definition) is 2. The molecule has 1 saturated heterocycles. The fourth-order valence-electron chi connectivity index (χ4n) is 4.56. The summed E-state index contributed by atoms with van der Waals surface area (Å²) in [4.78, 5) is 43.0. The van der Waals surface area contributed by atoms with Crippen LogP contribution >= 0.6 is 0 Å². The van der Waals surface area contributed by atoms with Crippen molar-refractivity contribution in [3.63, 3.8) is 0 Å². The van der Waals surface area contributed by atoms with Crippen LogP contribution in [0.25, 0.3) is 0 Å². The Bertz CT molecular complexity index is 1310. The molecule has 2 N–H and O–H groups in total. The van der Waals surface area contributed by atoms with Gasteiger partial charge in [0.2, 0.25) is 6.79 Å². The Kier molecular flexibility index (Phi) is 6.67. The zero-order valence-corrected chi connectivity index (χ0v) is 19.4. The van der Waals surface area contributed by atoms with E-state index >= 15 is 0 Å². The summed E-state index contributed by atoms with van der Waals surface area (Å²) in [5, 5.41) is 2.89. The lowest BCUT2D eigenvalue weighted by molar-refractivity contribution is 0.0932. The van der Waals surface area contributed by atoms with E-state index in [1.807, 2.05) is 6.07 Å². The minimum atomic E-state index is -0.624. The van der Waals surface area contributed by atoms with Crippen LogP contribution < -0.4 is 26.0 Å². The molecule has 9 nitrogen and oxygen atoms in total. The molecule has 3 aromatic rings. The standard InChI is InChI=1S/C26H28N4O5/c31-24(27-13-18-8-10-29(11-9-18)15-19-4-2-1-3-5-19)21-14-28-26(33)30(25(21)32)16-20-6-7-22-23(12-20)35-17-34-22/h1-7,12,14,18H,8-11,13,15-17H2,(H,27,31)(H,28,33). The van der Waals surface area contributed by atoms with Crippen LogP contribution in [-0.4, -0.2) is 46.8 Å². The van der Waals surface area contributed by atoms with Crippen molar-refractivity contribution in [3.05, 3.63) is 92.3 Å². The highest BCUT2D eigenvalue weighted by Crippen LogP contribution is 2.32. The van der Waals surface area contributed by atoms with Gasteiger partial charge in [0, 0.05) is 19.3 Å². The van der Waals surface area contributed by atoms with E-state index in [0.29, 0.717) is 29.5 Å². The number of nitrogens with one attached hydrogen (secondary N) is 2. The summed E-state index contributed by atoms with van der Waals surface area (Å²) in [6.07, 6.45) is 3.15. The van der Waals surface area contributed by atoms with Gasteiger partial charge in [-0.05, 0) is 55.1 Å². The van der Waals surface area contributed by atoms with Gasteiger partial charge in [-0.1, -0.05) is 36.4 Å². The molecule has 0 unspecified atom stereocenters. The maximum Gasteiger partial charge on any atom is 0.328 e. The summed E-state index contributed by atoms with van der Waals surface area (Å²) in [5.74, 6) is 1.06. The number of likely N-dealkylation sites (tertiary alicyclic amines) is 1. The third-order valence-electron chi connectivity index (χ3n) is 6.59. The first kappa shape index (κ1) is 22.9. The fourth-order valence-corrected chi connectivity index (χ4v) is 4.56. The number of H-pyrrole nitrogens is 1. The van der Waals surface area contributed by atoms with Crippen LogP contribution in [0.4, 0.5) is 0 Å². The molecule has 35 heavy (non-hydrogen) atoms. The Balaban J connectivity index is 1.18.